The average Bonchev–Trinajstić information content (AvgIpc) is 2.37. The fourth-order valence-electron chi connectivity index (χ4n) is 1.85. The zero-order valence-electron chi connectivity index (χ0n) is 11.5. The number of carbonyl (C=O) groups excluding carboxylic acids is 2. The summed E-state index contributed by atoms with van der Waals surface area (Å²) in [5.41, 5.74) is 5.01. The SMILES string of the molecule is CO[Si](OC)(OC)C(CCN)C(=O)CCC(C)=O. The second kappa shape index (κ2) is 8.49. The summed E-state index contributed by atoms with van der Waals surface area (Å²) in [6, 6.07) is 0. The molecule has 1 atom stereocenters. The van der Waals surface area contributed by atoms with E-state index in [1.54, 1.807) is 0 Å². The van der Waals surface area contributed by atoms with Crippen LogP contribution in [0.5, 0.6) is 0 Å². The first kappa shape index (κ1) is 17.4. The van der Waals surface area contributed by atoms with E-state index in [2.05, 4.69) is 0 Å². The van der Waals surface area contributed by atoms with Gasteiger partial charge in [-0.1, -0.05) is 0 Å². The Bertz CT molecular complexity index is 272. The number of hydrogen-bond donors (Lipinski definition) is 1. The van der Waals surface area contributed by atoms with Crippen molar-refractivity contribution in [3.05, 3.63) is 0 Å². The Balaban J connectivity index is 4.90. The highest BCUT2D eigenvalue weighted by molar-refractivity contribution is 6.66. The molecule has 2 N–H and O–H groups in total. The smallest absolute Gasteiger partial charge is 0.376 e. The summed E-state index contributed by atoms with van der Waals surface area (Å²) in [5.74, 6) is -0.109. The van der Waals surface area contributed by atoms with E-state index < -0.39 is 14.3 Å². The topological polar surface area (TPSA) is 87.8 Å². The molecule has 0 aliphatic carbocycles. The van der Waals surface area contributed by atoms with Crippen molar-refractivity contribution in [2.24, 2.45) is 5.73 Å². The lowest BCUT2D eigenvalue weighted by atomic mass is 10.1. The number of nitrogens with two attached hydrogens (primary N) is 1. The van der Waals surface area contributed by atoms with Crippen molar-refractivity contribution in [3.63, 3.8) is 0 Å². The lowest BCUT2D eigenvalue weighted by molar-refractivity contribution is -0.124. The van der Waals surface area contributed by atoms with Gasteiger partial charge in [-0.2, -0.15) is 0 Å². The number of ketones is 2. The normalized spacial score (nSPS) is 13.4. The van der Waals surface area contributed by atoms with Crippen LogP contribution >= 0.6 is 0 Å². The Labute approximate surface area is 109 Å². The van der Waals surface area contributed by atoms with Crippen LogP contribution < -0.4 is 5.73 Å². The van der Waals surface area contributed by atoms with E-state index >= 15 is 0 Å². The summed E-state index contributed by atoms with van der Waals surface area (Å²) in [6.07, 6.45) is 0.824. The maximum Gasteiger partial charge on any atom is 0.511 e. The summed E-state index contributed by atoms with van der Waals surface area (Å²) in [7, 11) is 1.33. The largest absolute Gasteiger partial charge is 0.511 e. The lowest BCUT2D eigenvalue weighted by Crippen LogP contribution is -2.51. The van der Waals surface area contributed by atoms with Crippen molar-refractivity contribution in [3.8, 4) is 0 Å². The maximum absolute atomic E-state index is 12.1. The highest BCUT2D eigenvalue weighted by Gasteiger charge is 2.50. The van der Waals surface area contributed by atoms with Crippen LogP contribution in [0.1, 0.15) is 26.2 Å². The summed E-state index contributed by atoms with van der Waals surface area (Å²) < 4.78 is 15.9. The molecule has 0 bridgehead atoms. The number of Topliss-reactive ketones (excluding diaryl/α,β-unsaturated/α-hetero) is 2. The summed E-state index contributed by atoms with van der Waals surface area (Å²) >= 11 is 0. The van der Waals surface area contributed by atoms with Gasteiger partial charge in [0.1, 0.15) is 11.6 Å². The summed E-state index contributed by atoms with van der Waals surface area (Å²) in [5, 5.41) is 0. The molecule has 0 aromatic carbocycles. The van der Waals surface area contributed by atoms with Crippen molar-refractivity contribution in [1.82, 2.24) is 0 Å². The predicted octanol–water partition coefficient (Wildman–Crippen LogP) is 0.522. The second-order valence-corrected chi connectivity index (χ2v) is 7.14. The highest BCUT2D eigenvalue weighted by atomic mass is 28.4. The molecule has 1 unspecified atom stereocenters. The molecule has 0 radical (unpaired) electrons. The van der Waals surface area contributed by atoms with Gasteiger partial charge in [-0.05, 0) is 19.9 Å². The minimum absolute atomic E-state index is 0.0191. The first-order valence-electron chi connectivity index (χ1n) is 5.85. The van der Waals surface area contributed by atoms with Gasteiger partial charge in [0.2, 0.25) is 0 Å². The molecule has 0 aliphatic heterocycles. The molecule has 0 aromatic rings. The third-order valence-electron chi connectivity index (χ3n) is 2.85. The third-order valence-corrected chi connectivity index (χ3v) is 6.02. The van der Waals surface area contributed by atoms with Crippen molar-refractivity contribution in [2.75, 3.05) is 27.9 Å². The van der Waals surface area contributed by atoms with E-state index in [1.807, 2.05) is 0 Å². The maximum atomic E-state index is 12.1. The van der Waals surface area contributed by atoms with Crippen LogP contribution in [0.3, 0.4) is 0 Å². The molecule has 106 valence electrons. The van der Waals surface area contributed by atoms with Gasteiger partial charge in [0, 0.05) is 34.2 Å². The van der Waals surface area contributed by atoms with Gasteiger partial charge in [-0.15, -0.1) is 0 Å². The molecule has 0 aliphatic rings. The Kier molecular flexibility index (Phi) is 8.21. The van der Waals surface area contributed by atoms with Gasteiger partial charge >= 0.3 is 8.80 Å². The van der Waals surface area contributed by atoms with E-state index in [-0.39, 0.29) is 24.4 Å². The first-order valence-corrected chi connectivity index (χ1v) is 7.65. The minimum atomic E-state index is -3.04. The van der Waals surface area contributed by atoms with Crippen LogP contribution in [-0.4, -0.2) is 48.2 Å². The van der Waals surface area contributed by atoms with E-state index in [0.29, 0.717) is 13.0 Å². The summed E-state index contributed by atoms with van der Waals surface area (Å²) in [6.45, 7) is 1.79. The van der Waals surface area contributed by atoms with Crippen LogP contribution in [0.25, 0.3) is 0 Å². The third kappa shape index (κ3) is 4.58. The molecular weight excluding hydrogens is 254 g/mol. The molecule has 7 heteroatoms. The molecule has 0 rings (SSSR count). The lowest BCUT2D eigenvalue weighted by Gasteiger charge is -2.31. The van der Waals surface area contributed by atoms with E-state index in [4.69, 9.17) is 19.0 Å². The van der Waals surface area contributed by atoms with Crippen molar-refractivity contribution in [1.29, 1.82) is 0 Å². The Morgan fingerprint density at radius 1 is 1.11 bits per heavy atom. The van der Waals surface area contributed by atoms with Crippen molar-refractivity contribution >= 4 is 20.4 Å². The standard InChI is InChI=1S/C11H23NO5Si/c1-9(13)5-6-10(14)11(7-8-12)18(15-2,16-3)17-4/h11H,5-8,12H2,1-4H3. The van der Waals surface area contributed by atoms with Crippen LogP contribution in [0, 0.1) is 0 Å². The molecule has 0 fully saturated rings. The fraction of sp³-hybridized carbons (Fsp3) is 0.818. The molecular formula is C11H23NO5Si. The number of carbonyl (C=O) groups is 2. The summed E-state index contributed by atoms with van der Waals surface area (Å²) in [4.78, 5) is 23.1. The number of rotatable bonds is 10. The highest BCUT2D eigenvalue weighted by Crippen LogP contribution is 2.29. The predicted molar refractivity (Wildman–Crippen MR) is 69.1 cm³/mol. The van der Waals surface area contributed by atoms with Crippen LogP contribution in [-0.2, 0) is 22.9 Å². The quantitative estimate of drug-likeness (QED) is 0.586. The van der Waals surface area contributed by atoms with Gasteiger partial charge in [0.05, 0.1) is 5.54 Å². The zero-order valence-corrected chi connectivity index (χ0v) is 12.5. The molecule has 6 nitrogen and oxygen atoms in total. The minimum Gasteiger partial charge on any atom is -0.376 e. The van der Waals surface area contributed by atoms with Gasteiger partial charge in [0.25, 0.3) is 0 Å². The monoisotopic (exact) mass is 277 g/mol. The fourth-order valence-corrected chi connectivity index (χ4v) is 4.26. The number of hydrogen-bond acceptors (Lipinski definition) is 6. The van der Waals surface area contributed by atoms with Gasteiger partial charge in [-0.25, -0.2) is 0 Å². The molecule has 0 spiro atoms. The molecule has 0 heterocycles. The molecule has 0 saturated heterocycles. The zero-order chi connectivity index (χ0) is 14.2. The van der Waals surface area contributed by atoms with Crippen molar-refractivity contribution < 1.29 is 22.9 Å². The van der Waals surface area contributed by atoms with E-state index in [1.165, 1.54) is 28.3 Å². The molecule has 0 amide bonds. The van der Waals surface area contributed by atoms with Crippen LogP contribution in [0.4, 0.5) is 0 Å². The average molecular weight is 277 g/mol. The van der Waals surface area contributed by atoms with Crippen LogP contribution in [0.15, 0.2) is 0 Å². The molecule has 0 saturated carbocycles. The Morgan fingerprint density at radius 2 is 1.61 bits per heavy atom. The van der Waals surface area contributed by atoms with Crippen molar-refractivity contribution in [2.45, 2.75) is 31.7 Å². The second-order valence-electron chi connectivity index (χ2n) is 4.01. The molecule has 0 aromatic heterocycles. The van der Waals surface area contributed by atoms with Gasteiger partial charge in [0.15, 0.2) is 0 Å². The van der Waals surface area contributed by atoms with E-state index in [9.17, 15) is 9.59 Å². The van der Waals surface area contributed by atoms with E-state index in [0.717, 1.165) is 0 Å². The van der Waals surface area contributed by atoms with Crippen LogP contribution in [0.2, 0.25) is 5.54 Å². The Hall–Kier alpha value is -0.603. The molecule has 18 heavy (non-hydrogen) atoms. The van der Waals surface area contributed by atoms with Gasteiger partial charge in [-0.3, -0.25) is 4.79 Å². The van der Waals surface area contributed by atoms with Gasteiger partial charge < -0.3 is 23.8 Å². The Morgan fingerprint density at radius 3 is 1.94 bits per heavy atom. The first-order chi connectivity index (χ1) is 8.47.